The van der Waals surface area contributed by atoms with Crippen molar-refractivity contribution >= 4 is 11.4 Å². The fourth-order valence-electron chi connectivity index (χ4n) is 2.98. The summed E-state index contributed by atoms with van der Waals surface area (Å²) in [6, 6.07) is 6.56. The summed E-state index contributed by atoms with van der Waals surface area (Å²) in [4.78, 5) is 2.58. The van der Waals surface area contributed by atoms with Crippen molar-refractivity contribution in [2.24, 2.45) is 0 Å². The summed E-state index contributed by atoms with van der Waals surface area (Å²) in [5.41, 5.74) is 14.7. The molecule has 1 heterocycles. The van der Waals surface area contributed by atoms with E-state index in [1.807, 2.05) is 18.2 Å². The van der Waals surface area contributed by atoms with Gasteiger partial charge in [0.05, 0.1) is 27.7 Å². The molecule has 1 aliphatic rings. The SMILES string of the molecule is C[N+](C)(C)C1CCN(CCCc2cc(N)ccc2N)C1. The maximum Gasteiger partial charge on any atom is 0.102 e. The zero-order valence-electron chi connectivity index (χ0n) is 13.1. The number of nitrogens with zero attached hydrogens (tertiary/aromatic N) is 2. The van der Waals surface area contributed by atoms with Crippen LogP contribution in [0.4, 0.5) is 11.4 Å². The lowest BCUT2D eigenvalue weighted by atomic mass is 10.1. The average Bonchev–Trinajstić information content (AvgIpc) is 2.82. The quantitative estimate of drug-likeness (QED) is 0.634. The number of hydrogen-bond donors (Lipinski definition) is 2. The van der Waals surface area contributed by atoms with Crippen LogP contribution in [0.1, 0.15) is 18.4 Å². The van der Waals surface area contributed by atoms with Gasteiger partial charge in [-0.25, -0.2) is 0 Å². The highest BCUT2D eigenvalue weighted by Crippen LogP contribution is 2.20. The Kier molecular flexibility index (Phi) is 4.55. The highest BCUT2D eigenvalue weighted by molar-refractivity contribution is 5.55. The molecule has 0 aliphatic carbocycles. The average molecular weight is 277 g/mol. The number of benzene rings is 1. The summed E-state index contributed by atoms with van der Waals surface area (Å²) in [7, 11) is 6.88. The van der Waals surface area contributed by atoms with Gasteiger partial charge in [-0.1, -0.05) is 0 Å². The molecule has 1 saturated heterocycles. The molecule has 20 heavy (non-hydrogen) atoms. The first-order valence-electron chi connectivity index (χ1n) is 7.53. The summed E-state index contributed by atoms with van der Waals surface area (Å²) in [5, 5.41) is 0. The van der Waals surface area contributed by atoms with E-state index in [1.165, 1.54) is 25.1 Å². The Bertz CT molecular complexity index is 450. The molecule has 0 saturated carbocycles. The van der Waals surface area contributed by atoms with Crippen molar-refractivity contribution in [3.05, 3.63) is 23.8 Å². The summed E-state index contributed by atoms with van der Waals surface area (Å²) >= 11 is 0. The third-order valence-electron chi connectivity index (χ3n) is 4.43. The van der Waals surface area contributed by atoms with Crippen LogP contribution in [0.3, 0.4) is 0 Å². The molecule has 0 amide bonds. The van der Waals surface area contributed by atoms with Crippen molar-refractivity contribution in [1.29, 1.82) is 0 Å². The number of quaternary nitrogens is 1. The summed E-state index contributed by atoms with van der Waals surface area (Å²) in [6.07, 6.45) is 3.48. The second-order valence-electron chi connectivity index (χ2n) is 6.92. The molecule has 4 nitrogen and oxygen atoms in total. The van der Waals surface area contributed by atoms with Crippen LogP contribution in [-0.2, 0) is 6.42 Å². The Labute approximate surface area is 122 Å². The van der Waals surface area contributed by atoms with Gasteiger partial charge < -0.3 is 16.0 Å². The number of likely N-dealkylation sites (tertiary alicyclic amines) is 1. The summed E-state index contributed by atoms with van der Waals surface area (Å²) < 4.78 is 1.07. The van der Waals surface area contributed by atoms with Gasteiger partial charge in [0.25, 0.3) is 0 Å². The lowest BCUT2D eigenvalue weighted by Crippen LogP contribution is -2.46. The Morgan fingerprint density at radius 1 is 1.25 bits per heavy atom. The van der Waals surface area contributed by atoms with Crippen LogP contribution in [0.25, 0.3) is 0 Å². The lowest BCUT2D eigenvalue weighted by molar-refractivity contribution is -0.893. The normalized spacial score (nSPS) is 20.4. The number of rotatable bonds is 5. The molecule has 0 bridgehead atoms. The van der Waals surface area contributed by atoms with Crippen molar-refractivity contribution in [3.8, 4) is 0 Å². The second kappa shape index (κ2) is 6.02. The topological polar surface area (TPSA) is 55.3 Å². The third kappa shape index (κ3) is 3.87. The molecule has 0 aromatic heterocycles. The van der Waals surface area contributed by atoms with Crippen LogP contribution in [0.5, 0.6) is 0 Å². The zero-order valence-corrected chi connectivity index (χ0v) is 13.1. The minimum absolute atomic E-state index is 0.771. The van der Waals surface area contributed by atoms with E-state index in [4.69, 9.17) is 11.5 Å². The van der Waals surface area contributed by atoms with Gasteiger partial charge in [0.2, 0.25) is 0 Å². The highest BCUT2D eigenvalue weighted by atomic mass is 15.3. The summed E-state index contributed by atoms with van der Waals surface area (Å²) in [6.45, 7) is 3.60. The largest absolute Gasteiger partial charge is 0.399 e. The highest BCUT2D eigenvalue weighted by Gasteiger charge is 2.31. The monoisotopic (exact) mass is 277 g/mol. The molecule has 1 aliphatic heterocycles. The van der Waals surface area contributed by atoms with Gasteiger partial charge in [0, 0.05) is 24.3 Å². The number of anilines is 2. The van der Waals surface area contributed by atoms with E-state index in [1.54, 1.807) is 0 Å². The van der Waals surface area contributed by atoms with Crippen molar-refractivity contribution in [2.75, 3.05) is 52.2 Å². The van der Waals surface area contributed by atoms with Gasteiger partial charge in [-0.3, -0.25) is 4.90 Å². The second-order valence-corrected chi connectivity index (χ2v) is 6.92. The number of nitrogens with two attached hydrogens (primary N) is 2. The van der Waals surface area contributed by atoms with Gasteiger partial charge in [0.15, 0.2) is 0 Å². The van der Waals surface area contributed by atoms with Gasteiger partial charge in [-0.05, 0) is 43.1 Å². The van der Waals surface area contributed by atoms with Gasteiger partial charge >= 0.3 is 0 Å². The Hall–Kier alpha value is -1.26. The van der Waals surface area contributed by atoms with Crippen LogP contribution in [0.15, 0.2) is 18.2 Å². The van der Waals surface area contributed by atoms with Crippen molar-refractivity contribution in [3.63, 3.8) is 0 Å². The van der Waals surface area contributed by atoms with E-state index in [0.29, 0.717) is 0 Å². The molecule has 0 radical (unpaired) electrons. The van der Waals surface area contributed by atoms with E-state index >= 15 is 0 Å². The molecule has 0 spiro atoms. The minimum Gasteiger partial charge on any atom is -0.399 e. The fraction of sp³-hybridized carbons (Fsp3) is 0.625. The van der Waals surface area contributed by atoms with E-state index in [-0.39, 0.29) is 0 Å². The number of aryl methyl sites for hydroxylation is 1. The minimum atomic E-state index is 0.771. The molecule has 1 aromatic carbocycles. The van der Waals surface area contributed by atoms with Crippen LogP contribution < -0.4 is 11.5 Å². The van der Waals surface area contributed by atoms with Gasteiger partial charge in [0.1, 0.15) is 6.04 Å². The Balaban J connectivity index is 1.78. The zero-order chi connectivity index (χ0) is 14.8. The molecule has 1 aromatic rings. The first-order chi connectivity index (χ1) is 9.36. The molecule has 1 unspecified atom stereocenters. The Morgan fingerprint density at radius 2 is 2.00 bits per heavy atom. The molecular formula is C16H29N4+. The van der Waals surface area contributed by atoms with E-state index in [2.05, 4.69) is 26.0 Å². The van der Waals surface area contributed by atoms with Crippen molar-refractivity contribution < 1.29 is 4.48 Å². The van der Waals surface area contributed by atoms with Crippen LogP contribution >= 0.6 is 0 Å². The number of nitrogen functional groups attached to an aromatic ring is 2. The predicted octanol–water partition coefficient (Wildman–Crippen LogP) is 1.56. The standard InChI is InChI=1S/C16H29N4/c1-20(2,3)15-8-10-19(12-15)9-4-5-13-11-14(17)6-7-16(13)18/h6-7,11,15H,4-5,8-10,12,17-18H2,1-3H3/q+1. The van der Waals surface area contributed by atoms with E-state index in [0.717, 1.165) is 41.3 Å². The Morgan fingerprint density at radius 3 is 2.65 bits per heavy atom. The number of likely N-dealkylation sites (N-methyl/N-ethyl adjacent to an activating group) is 1. The maximum atomic E-state index is 5.99. The lowest BCUT2D eigenvalue weighted by Gasteiger charge is -2.31. The number of hydrogen-bond acceptors (Lipinski definition) is 3. The van der Waals surface area contributed by atoms with Crippen LogP contribution in [-0.4, -0.2) is 56.2 Å². The van der Waals surface area contributed by atoms with Crippen molar-refractivity contribution in [1.82, 2.24) is 4.90 Å². The smallest absolute Gasteiger partial charge is 0.102 e. The third-order valence-corrected chi connectivity index (χ3v) is 4.43. The molecule has 4 N–H and O–H groups in total. The maximum absolute atomic E-state index is 5.99. The van der Waals surface area contributed by atoms with Gasteiger partial charge in [-0.2, -0.15) is 0 Å². The predicted molar refractivity (Wildman–Crippen MR) is 86.5 cm³/mol. The van der Waals surface area contributed by atoms with Gasteiger partial charge in [-0.15, -0.1) is 0 Å². The van der Waals surface area contributed by atoms with Crippen molar-refractivity contribution in [2.45, 2.75) is 25.3 Å². The molecule has 2 rings (SSSR count). The van der Waals surface area contributed by atoms with E-state index < -0.39 is 0 Å². The molecule has 112 valence electrons. The first kappa shape index (κ1) is 15.1. The molecule has 1 atom stereocenters. The molecule has 1 fully saturated rings. The van der Waals surface area contributed by atoms with E-state index in [9.17, 15) is 0 Å². The van der Waals surface area contributed by atoms with Crippen LogP contribution in [0.2, 0.25) is 0 Å². The van der Waals surface area contributed by atoms with Crippen LogP contribution in [0, 0.1) is 0 Å². The first-order valence-corrected chi connectivity index (χ1v) is 7.53. The summed E-state index contributed by atoms with van der Waals surface area (Å²) in [5.74, 6) is 0. The molecular weight excluding hydrogens is 248 g/mol. The fourth-order valence-corrected chi connectivity index (χ4v) is 2.98. The molecule has 4 heteroatoms.